The van der Waals surface area contributed by atoms with Crippen molar-refractivity contribution in [2.75, 3.05) is 31.1 Å². The van der Waals surface area contributed by atoms with E-state index in [0.717, 1.165) is 47.2 Å². The maximum atomic E-state index is 13.5. The van der Waals surface area contributed by atoms with Gasteiger partial charge in [0.1, 0.15) is 5.56 Å². The van der Waals surface area contributed by atoms with Crippen molar-refractivity contribution in [1.29, 1.82) is 0 Å². The standard InChI is InChI=1S/C28H30ClN5O/c1-18-5-8-22(9-6-18)15-24-20(3)31-27-25(17-30-34(27)21(24)4)28(35)33-13-11-32(12-14-33)26-16-23(29)10-7-19(26)2/h5-10,16-17H,11-15H2,1-4H3. The lowest BCUT2D eigenvalue weighted by molar-refractivity contribution is 0.0748. The predicted molar refractivity (Wildman–Crippen MR) is 141 cm³/mol. The molecule has 5 rings (SSSR count). The van der Waals surface area contributed by atoms with E-state index in [1.807, 2.05) is 34.5 Å². The first-order chi connectivity index (χ1) is 16.8. The number of fused-ring (bicyclic) bond motifs is 1. The van der Waals surface area contributed by atoms with Crippen LogP contribution in [-0.2, 0) is 6.42 Å². The lowest BCUT2D eigenvalue weighted by Gasteiger charge is -2.36. The number of benzene rings is 2. The molecule has 0 unspecified atom stereocenters. The van der Waals surface area contributed by atoms with Crippen LogP contribution in [0, 0.1) is 27.7 Å². The quantitative estimate of drug-likeness (QED) is 0.398. The first-order valence-corrected chi connectivity index (χ1v) is 12.4. The number of piperazine rings is 1. The summed E-state index contributed by atoms with van der Waals surface area (Å²) in [5.74, 6) is -0.0138. The summed E-state index contributed by atoms with van der Waals surface area (Å²) in [6.45, 7) is 11.1. The Hall–Kier alpha value is -3.38. The molecule has 0 bridgehead atoms. The zero-order chi connectivity index (χ0) is 24.7. The van der Waals surface area contributed by atoms with Gasteiger partial charge in [0.25, 0.3) is 5.91 Å². The highest BCUT2D eigenvalue weighted by Gasteiger charge is 2.26. The number of halogens is 1. The van der Waals surface area contributed by atoms with Crippen molar-refractivity contribution in [3.63, 3.8) is 0 Å². The fraction of sp³-hybridized carbons (Fsp3) is 0.321. The minimum atomic E-state index is -0.0138. The highest BCUT2D eigenvalue weighted by molar-refractivity contribution is 6.30. The van der Waals surface area contributed by atoms with Crippen LogP contribution in [0.1, 0.15) is 44.0 Å². The van der Waals surface area contributed by atoms with E-state index in [4.69, 9.17) is 16.6 Å². The van der Waals surface area contributed by atoms with Gasteiger partial charge in [0, 0.05) is 54.7 Å². The van der Waals surface area contributed by atoms with Crippen molar-refractivity contribution < 1.29 is 4.79 Å². The molecule has 1 saturated heterocycles. The topological polar surface area (TPSA) is 53.7 Å². The van der Waals surface area contributed by atoms with Crippen LogP contribution in [0.3, 0.4) is 0 Å². The predicted octanol–water partition coefficient (Wildman–Crippen LogP) is 5.17. The average Bonchev–Trinajstić information content (AvgIpc) is 3.28. The molecule has 0 atom stereocenters. The van der Waals surface area contributed by atoms with Crippen molar-refractivity contribution in [3.8, 4) is 0 Å². The van der Waals surface area contributed by atoms with Crippen LogP contribution in [0.25, 0.3) is 5.65 Å². The average molecular weight is 488 g/mol. The fourth-order valence-corrected chi connectivity index (χ4v) is 5.04. The van der Waals surface area contributed by atoms with Crippen LogP contribution in [0.5, 0.6) is 0 Å². The summed E-state index contributed by atoms with van der Waals surface area (Å²) in [6, 6.07) is 14.5. The molecule has 7 heteroatoms. The highest BCUT2D eigenvalue weighted by Crippen LogP contribution is 2.26. The van der Waals surface area contributed by atoms with E-state index in [1.165, 1.54) is 16.7 Å². The summed E-state index contributed by atoms with van der Waals surface area (Å²) in [5.41, 5.74) is 9.10. The fourth-order valence-electron chi connectivity index (χ4n) is 4.87. The normalized spacial score (nSPS) is 14.1. The van der Waals surface area contributed by atoms with Crippen molar-refractivity contribution in [2.45, 2.75) is 34.1 Å². The molecule has 1 aliphatic heterocycles. The molecule has 2 aromatic carbocycles. The van der Waals surface area contributed by atoms with Gasteiger partial charge in [0.15, 0.2) is 5.65 Å². The number of carbonyl (C=O) groups excluding carboxylic acids is 1. The monoisotopic (exact) mass is 487 g/mol. The van der Waals surface area contributed by atoms with E-state index < -0.39 is 0 Å². The minimum absolute atomic E-state index is 0.0138. The first kappa shape index (κ1) is 23.4. The van der Waals surface area contributed by atoms with Crippen molar-refractivity contribution in [2.24, 2.45) is 0 Å². The Morgan fingerprint density at radius 1 is 0.971 bits per heavy atom. The SMILES string of the molecule is Cc1ccc(Cc2c(C)nc3c(C(=O)N4CCN(c5cc(Cl)ccc5C)CC4)cnn3c2C)cc1. The molecule has 1 aliphatic rings. The first-order valence-electron chi connectivity index (χ1n) is 12.0. The van der Waals surface area contributed by atoms with Gasteiger partial charge in [-0.15, -0.1) is 0 Å². The van der Waals surface area contributed by atoms with Gasteiger partial charge >= 0.3 is 0 Å². The smallest absolute Gasteiger partial charge is 0.259 e. The summed E-state index contributed by atoms with van der Waals surface area (Å²) >= 11 is 6.22. The minimum Gasteiger partial charge on any atom is -0.368 e. The molecule has 2 aromatic heterocycles. The van der Waals surface area contributed by atoms with E-state index in [1.54, 1.807) is 6.20 Å². The van der Waals surface area contributed by atoms with E-state index in [9.17, 15) is 4.79 Å². The summed E-state index contributed by atoms with van der Waals surface area (Å²) in [6.07, 6.45) is 2.45. The third-order valence-electron chi connectivity index (χ3n) is 7.02. The highest BCUT2D eigenvalue weighted by atomic mass is 35.5. The molecule has 4 aromatic rings. The van der Waals surface area contributed by atoms with Crippen molar-refractivity contribution in [1.82, 2.24) is 19.5 Å². The van der Waals surface area contributed by atoms with Gasteiger partial charge in [-0.2, -0.15) is 5.10 Å². The molecular formula is C28H30ClN5O. The maximum Gasteiger partial charge on any atom is 0.259 e. The number of aryl methyl sites for hydroxylation is 4. The second-order valence-corrected chi connectivity index (χ2v) is 9.86. The molecule has 0 spiro atoms. The lowest BCUT2D eigenvalue weighted by atomic mass is 10.0. The van der Waals surface area contributed by atoms with Gasteiger partial charge in [0.05, 0.1) is 6.20 Å². The van der Waals surface area contributed by atoms with Crippen LogP contribution in [0.2, 0.25) is 5.02 Å². The number of nitrogens with zero attached hydrogens (tertiary/aromatic N) is 5. The number of anilines is 1. The zero-order valence-corrected chi connectivity index (χ0v) is 21.4. The van der Waals surface area contributed by atoms with Gasteiger partial charge in [-0.1, -0.05) is 47.5 Å². The molecule has 6 nitrogen and oxygen atoms in total. The molecule has 1 fully saturated rings. The molecular weight excluding hydrogens is 458 g/mol. The Labute approximate surface area is 211 Å². The summed E-state index contributed by atoms with van der Waals surface area (Å²) in [5, 5.41) is 5.29. The number of amides is 1. The van der Waals surface area contributed by atoms with Crippen LogP contribution >= 0.6 is 11.6 Å². The molecule has 3 heterocycles. The maximum absolute atomic E-state index is 13.5. The van der Waals surface area contributed by atoms with Crippen LogP contribution in [-0.4, -0.2) is 51.6 Å². The third-order valence-corrected chi connectivity index (χ3v) is 7.25. The largest absolute Gasteiger partial charge is 0.368 e. The van der Waals surface area contributed by atoms with Gasteiger partial charge in [-0.3, -0.25) is 4.79 Å². The molecule has 0 radical (unpaired) electrons. The Balaban J connectivity index is 1.36. The summed E-state index contributed by atoms with van der Waals surface area (Å²) in [7, 11) is 0. The van der Waals surface area contributed by atoms with Gasteiger partial charge in [0.2, 0.25) is 0 Å². The van der Waals surface area contributed by atoms with Gasteiger partial charge in [-0.25, -0.2) is 9.50 Å². The number of rotatable bonds is 4. The van der Waals surface area contributed by atoms with E-state index in [0.29, 0.717) is 24.3 Å². The molecule has 180 valence electrons. The van der Waals surface area contributed by atoms with Gasteiger partial charge < -0.3 is 9.80 Å². The Bertz CT molecular complexity index is 1400. The second kappa shape index (κ2) is 9.34. The van der Waals surface area contributed by atoms with Crippen molar-refractivity contribution in [3.05, 3.63) is 92.9 Å². The molecule has 1 amide bonds. The third kappa shape index (κ3) is 4.50. The summed E-state index contributed by atoms with van der Waals surface area (Å²) in [4.78, 5) is 22.5. The second-order valence-electron chi connectivity index (χ2n) is 9.43. The Kier molecular flexibility index (Phi) is 6.24. The van der Waals surface area contributed by atoms with E-state index >= 15 is 0 Å². The Morgan fingerprint density at radius 3 is 2.40 bits per heavy atom. The lowest BCUT2D eigenvalue weighted by Crippen LogP contribution is -2.49. The van der Waals surface area contributed by atoms with Crippen LogP contribution in [0.15, 0.2) is 48.7 Å². The molecule has 0 N–H and O–H groups in total. The van der Waals surface area contributed by atoms with Crippen LogP contribution < -0.4 is 4.90 Å². The molecule has 35 heavy (non-hydrogen) atoms. The number of carbonyl (C=O) groups is 1. The number of hydrogen-bond acceptors (Lipinski definition) is 4. The zero-order valence-electron chi connectivity index (χ0n) is 20.7. The number of aromatic nitrogens is 3. The van der Waals surface area contributed by atoms with E-state index in [2.05, 4.69) is 55.0 Å². The van der Waals surface area contributed by atoms with Gasteiger partial charge in [-0.05, 0) is 56.5 Å². The van der Waals surface area contributed by atoms with Crippen LogP contribution in [0.4, 0.5) is 5.69 Å². The summed E-state index contributed by atoms with van der Waals surface area (Å²) < 4.78 is 1.81. The number of hydrogen-bond donors (Lipinski definition) is 0. The molecule has 0 saturated carbocycles. The Morgan fingerprint density at radius 2 is 1.69 bits per heavy atom. The van der Waals surface area contributed by atoms with E-state index in [-0.39, 0.29) is 5.91 Å². The van der Waals surface area contributed by atoms with Crippen molar-refractivity contribution >= 4 is 28.8 Å². The molecule has 0 aliphatic carbocycles.